The van der Waals surface area contributed by atoms with E-state index in [9.17, 15) is 4.79 Å². The summed E-state index contributed by atoms with van der Waals surface area (Å²) in [5, 5.41) is 6.65. The Morgan fingerprint density at radius 3 is 2.76 bits per heavy atom. The normalized spacial score (nSPS) is 25.4. The van der Waals surface area contributed by atoms with Gasteiger partial charge in [0.05, 0.1) is 0 Å². The minimum atomic E-state index is 0.0597. The van der Waals surface area contributed by atoms with Crippen LogP contribution in [0.4, 0.5) is 11.4 Å². The molecule has 0 aromatic heterocycles. The van der Waals surface area contributed by atoms with Gasteiger partial charge in [-0.3, -0.25) is 4.79 Å². The van der Waals surface area contributed by atoms with Gasteiger partial charge in [-0.1, -0.05) is 39.7 Å². The average molecular weight is 288 g/mol. The minimum absolute atomic E-state index is 0.0597. The average Bonchev–Trinajstić information content (AvgIpc) is 2.47. The van der Waals surface area contributed by atoms with Gasteiger partial charge in [-0.2, -0.15) is 0 Å². The Labute approximate surface area is 128 Å². The minimum Gasteiger partial charge on any atom is -0.382 e. The molecule has 0 saturated heterocycles. The maximum absolute atomic E-state index is 11.5. The molecule has 0 bridgehead atoms. The smallest absolute Gasteiger partial charge is 0.224 e. The van der Waals surface area contributed by atoms with Gasteiger partial charge in [-0.05, 0) is 42.9 Å². The van der Waals surface area contributed by atoms with Gasteiger partial charge in [0.15, 0.2) is 0 Å². The van der Waals surface area contributed by atoms with Crippen molar-refractivity contribution in [1.29, 1.82) is 0 Å². The third-order valence-electron chi connectivity index (χ3n) is 4.89. The van der Waals surface area contributed by atoms with E-state index in [4.69, 9.17) is 0 Å². The Kier molecular flexibility index (Phi) is 5.27. The van der Waals surface area contributed by atoms with Gasteiger partial charge in [0.2, 0.25) is 5.91 Å². The summed E-state index contributed by atoms with van der Waals surface area (Å²) in [6.45, 7) is 8.68. The summed E-state index contributed by atoms with van der Waals surface area (Å²) in [6, 6.07) is 6.64. The maximum atomic E-state index is 11.5. The van der Waals surface area contributed by atoms with E-state index in [1.165, 1.54) is 24.8 Å². The van der Waals surface area contributed by atoms with Gasteiger partial charge in [0, 0.05) is 23.8 Å². The van der Waals surface area contributed by atoms with Crippen molar-refractivity contribution in [2.45, 2.75) is 59.4 Å². The lowest BCUT2D eigenvalue weighted by Gasteiger charge is -2.35. The molecule has 0 heterocycles. The number of aryl methyl sites for hydroxylation is 1. The topological polar surface area (TPSA) is 41.1 Å². The number of rotatable bonds is 4. The standard InChI is InChI=1S/C18H28N2O/c1-5-18(21)19-15-10-9-13(3)17(11-15)20-16-8-6-7-12(2)14(16)4/h9-12,14,16,20H,5-8H2,1-4H3,(H,19,21). The molecule has 21 heavy (non-hydrogen) atoms. The highest BCUT2D eigenvalue weighted by atomic mass is 16.1. The third kappa shape index (κ3) is 3.99. The molecule has 1 fully saturated rings. The number of carbonyl (C=O) groups excluding carboxylic acids is 1. The largest absolute Gasteiger partial charge is 0.382 e. The SMILES string of the molecule is CCC(=O)Nc1ccc(C)c(NC2CCCC(C)C2C)c1. The van der Waals surface area contributed by atoms with Crippen LogP contribution in [-0.4, -0.2) is 11.9 Å². The molecule has 1 aliphatic carbocycles. The van der Waals surface area contributed by atoms with E-state index >= 15 is 0 Å². The number of hydrogen-bond donors (Lipinski definition) is 2. The molecule has 3 atom stereocenters. The van der Waals surface area contributed by atoms with Crippen molar-refractivity contribution in [3.05, 3.63) is 23.8 Å². The van der Waals surface area contributed by atoms with Crippen molar-refractivity contribution in [1.82, 2.24) is 0 Å². The van der Waals surface area contributed by atoms with Gasteiger partial charge in [0.1, 0.15) is 0 Å². The van der Waals surface area contributed by atoms with Crippen LogP contribution in [0.1, 0.15) is 52.0 Å². The Balaban J connectivity index is 2.11. The molecule has 0 spiro atoms. The summed E-state index contributed by atoms with van der Waals surface area (Å²) in [7, 11) is 0. The van der Waals surface area contributed by atoms with E-state index < -0.39 is 0 Å². The molecule has 3 unspecified atom stereocenters. The molecule has 2 rings (SSSR count). The number of nitrogens with one attached hydrogen (secondary N) is 2. The summed E-state index contributed by atoms with van der Waals surface area (Å²) in [5.41, 5.74) is 3.26. The molecule has 1 saturated carbocycles. The highest BCUT2D eigenvalue weighted by Gasteiger charge is 2.27. The molecule has 0 aliphatic heterocycles. The first-order valence-electron chi connectivity index (χ1n) is 8.18. The number of anilines is 2. The van der Waals surface area contributed by atoms with Crippen molar-refractivity contribution in [2.24, 2.45) is 11.8 Å². The van der Waals surface area contributed by atoms with Crippen LogP contribution in [0, 0.1) is 18.8 Å². The lowest BCUT2D eigenvalue weighted by Crippen LogP contribution is -2.35. The van der Waals surface area contributed by atoms with Crippen molar-refractivity contribution in [3.8, 4) is 0 Å². The van der Waals surface area contributed by atoms with E-state index in [0.29, 0.717) is 18.4 Å². The number of amides is 1. The highest BCUT2D eigenvalue weighted by molar-refractivity contribution is 5.91. The fourth-order valence-electron chi connectivity index (χ4n) is 3.09. The molecule has 1 amide bonds. The zero-order valence-corrected chi connectivity index (χ0v) is 13.7. The van der Waals surface area contributed by atoms with Crippen LogP contribution in [0.5, 0.6) is 0 Å². The predicted molar refractivity (Wildman–Crippen MR) is 89.7 cm³/mol. The number of benzene rings is 1. The first-order valence-corrected chi connectivity index (χ1v) is 8.18. The van der Waals surface area contributed by atoms with E-state index in [2.05, 4.69) is 43.5 Å². The Morgan fingerprint density at radius 2 is 2.05 bits per heavy atom. The molecule has 1 aliphatic rings. The Morgan fingerprint density at radius 1 is 1.29 bits per heavy atom. The molecule has 3 heteroatoms. The van der Waals surface area contributed by atoms with Crippen molar-refractivity contribution >= 4 is 17.3 Å². The van der Waals surface area contributed by atoms with Crippen LogP contribution in [-0.2, 0) is 4.79 Å². The second-order valence-electron chi connectivity index (χ2n) is 6.45. The first-order chi connectivity index (χ1) is 10.0. The number of carbonyl (C=O) groups is 1. The Bertz CT molecular complexity index is 498. The monoisotopic (exact) mass is 288 g/mol. The maximum Gasteiger partial charge on any atom is 0.224 e. The number of hydrogen-bond acceptors (Lipinski definition) is 2. The molecular weight excluding hydrogens is 260 g/mol. The van der Waals surface area contributed by atoms with Crippen molar-refractivity contribution in [2.75, 3.05) is 10.6 Å². The highest BCUT2D eigenvalue weighted by Crippen LogP contribution is 2.32. The summed E-state index contributed by atoms with van der Waals surface area (Å²) in [6.07, 6.45) is 4.38. The zero-order valence-electron chi connectivity index (χ0n) is 13.7. The van der Waals surface area contributed by atoms with E-state index in [1.807, 2.05) is 13.0 Å². The molecule has 2 N–H and O–H groups in total. The van der Waals surface area contributed by atoms with E-state index in [1.54, 1.807) is 0 Å². The van der Waals surface area contributed by atoms with Crippen LogP contribution in [0.25, 0.3) is 0 Å². The second kappa shape index (κ2) is 6.97. The fourth-order valence-corrected chi connectivity index (χ4v) is 3.09. The summed E-state index contributed by atoms with van der Waals surface area (Å²) in [5.74, 6) is 1.52. The molecule has 3 nitrogen and oxygen atoms in total. The second-order valence-corrected chi connectivity index (χ2v) is 6.45. The van der Waals surface area contributed by atoms with Gasteiger partial charge in [-0.25, -0.2) is 0 Å². The quantitative estimate of drug-likeness (QED) is 0.851. The third-order valence-corrected chi connectivity index (χ3v) is 4.89. The van der Waals surface area contributed by atoms with Crippen LogP contribution < -0.4 is 10.6 Å². The van der Waals surface area contributed by atoms with E-state index in [0.717, 1.165) is 17.3 Å². The molecule has 1 aromatic carbocycles. The molecular formula is C18H28N2O. The van der Waals surface area contributed by atoms with E-state index in [-0.39, 0.29) is 5.91 Å². The first kappa shape index (κ1) is 15.9. The summed E-state index contributed by atoms with van der Waals surface area (Å²) >= 11 is 0. The lowest BCUT2D eigenvalue weighted by atomic mass is 9.78. The van der Waals surface area contributed by atoms with Gasteiger partial charge in [0.25, 0.3) is 0 Å². The van der Waals surface area contributed by atoms with Crippen LogP contribution in [0.15, 0.2) is 18.2 Å². The molecule has 0 radical (unpaired) electrons. The fraction of sp³-hybridized carbons (Fsp3) is 0.611. The van der Waals surface area contributed by atoms with Crippen molar-refractivity contribution < 1.29 is 4.79 Å². The van der Waals surface area contributed by atoms with Gasteiger partial charge >= 0.3 is 0 Å². The molecule has 116 valence electrons. The predicted octanol–water partition coefficient (Wildman–Crippen LogP) is 4.58. The van der Waals surface area contributed by atoms with Crippen LogP contribution >= 0.6 is 0 Å². The van der Waals surface area contributed by atoms with Gasteiger partial charge in [-0.15, -0.1) is 0 Å². The van der Waals surface area contributed by atoms with Crippen molar-refractivity contribution in [3.63, 3.8) is 0 Å². The van der Waals surface area contributed by atoms with Gasteiger partial charge < -0.3 is 10.6 Å². The summed E-state index contributed by atoms with van der Waals surface area (Å²) in [4.78, 5) is 11.5. The van der Waals surface area contributed by atoms with Crippen LogP contribution in [0.3, 0.4) is 0 Å². The lowest BCUT2D eigenvalue weighted by molar-refractivity contribution is -0.115. The molecule has 1 aromatic rings. The summed E-state index contributed by atoms with van der Waals surface area (Å²) < 4.78 is 0. The van der Waals surface area contributed by atoms with Crippen LogP contribution in [0.2, 0.25) is 0 Å². The Hall–Kier alpha value is -1.51. The zero-order chi connectivity index (χ0) is 15.4.